The second-order valence-electron chi connectivity index (χ2n) is 3.49. The number of nitrogens with two attached hydrogens (primary N) is 1. The molecule has 116 valence electrons. The summed E-state index contributed by atoms with van der Waals surface area (Å²) in [5.74, 6) is 0. The van der Waals surface area contributed by atoms with Crippen molar-refractivity contribution < 1.29 is 16.1 Å². The van der Waals surface area contributed by atoms with Crippen molar-refractivity contribution in [2.45, 2.75) is 47.3 Å². The second-order valence-corrected chi connectivity index (χ2v) is 3.49. The van der Waals surface area contributed by atoms with Gasteiger partial charge in [0.25, 0.3) is 0 Å². The molecule has 0 heterocycles. The van der Waals surface area contributed by atoms with Crippen LogP contribution in [0.1, 0.15) is 39.3 Å². The number of hydrogen-bond acceptors (Lipinski definition) is 3. The van der Waals surface area contributed by atoms with Crippen LogP contribution in [0.5, 0.6) is 0 Å². The van der Waals surface area contributed by atoms with E-state index in [9.17, 15) is 0 Å². The van der Waals surface area contributed by atoms with Crippen molar-refractivity contribution in [3.63, 3.8) is 0 Å². The first kappa shape index (κ1) is 26.6. The van der Waals surface area contributed by atoms with Crippen LogP contribution in [0, 0.1) is 0 Å². The van der Waals surface area contributed by atoms with Gasteiger partial charge in [-0.15, -0.1) is 0 Å². The molecule has 0 saturated heterocycles. The molecule has 5 nitrogen and oxygen atoms in total. The maximum Gasteiger partial charge on any atom is 0.0582 e. The van der Waals surface area contributed by atoms with Crippen LogP contribution in [0.15, 0.2) is 24.3 Å². The van der Waals surface area contributed by atoms with E-state index in [1.807, 2.05) is 32.9 Å². The highest BCUT2D eigenvalue weighted by Crippen LogP contribution is 2.03. The Bertz CT molecular complexity index is 266. The van der Waals surface area contributed by atoms with Crippen molar-refractivity contribution in [3.05, 3.63) is 35.4 Å². The zero-order valence-electron chi connectivity index (χ0n) is 11.5. The van der Waals surface area contributed by atoms with Gasteiger partial charge in [0.2, 0.25) is 0 Å². The van der Waals surface area contributed by atoms with Gasteiger partial charge >= 0.3 is 0 Å². The highest BCUT2D eigenvalue weighted by Gasteiger charge is 1.98. The van der Waals surface area contributed by atoms with Crippen molar-refractivity contribution in [2.75, 3.05) is 6.61 Å². The maximum absolute atomic E-state index is 8.82. The third kappa shape index (κ3) is 11.8. The van der Waals surface area contributed by atoms with E-state index in [1.165, 1.54) is 5.56 Å². The van der Waals surface area contributed by atoms with Gasteiger partial charge in [-0.25, -0.2) is 0 Å². The van der Waals surface area contributed by atoms with Crippen LogP contribution in [-0.2, 0) is 13.1 Å². The lowest BCUT2D eigenvalue weighted by Gasteiger charge is -2.10. The largest absolute Gasteiger partial charge is 0.412 e. The summed E-state index contributed by atoms with van der Waals surface area (Å²) < 4.78 is 0. The lowest BCUT2D eigenvalue weighted by Crippen LogP contribution is -2.28. The van der Waals surface area contributed by atoms with E-state index in [4.69, 9.17) is 10.8 Å². The Labute approximate surface area is 117 Å². The van der Waals surface area contributed by atoms with Crippen LogP contribution in [0.2, 0.25) is 0 Å². The molecule has 19 heavy (non-hydrogen) atoms. The second kappa shape index (κ2) is 17.0. The third-order valence-electron chi connectivity index (χ3n) is 2.19. The van der Waals surface area contributed by atoms with Gasteiger partial charge in [0, 0.05) is 19.1 Å². The van der Waals surface area contributed by atoms with Gasteiger partial charge in [0.05, 0.1) is 6.61 Å². The standard InChI is InChI=1S/C11H18N2O.C2H6.CH4.2H2O/c1-9(8-14)13-7-11-4-2-10(6-12)3-5-11;1-2;;;/h2-5,9,13-14H,6-8,12H2,1H3;1-2H3;1H4;2*1H2. The molecule has 0 amide bonds. The molecular formula is C14H32N2O3. The van der Waals surface area contributed by atoms with Gasteiger partial charge < -0.3 is 27.1 Å². The molecule has 0 bridgehead atoms. The molecule has 8 N–H and O–H groups in total. The van der Waals surface area contributed by atoms with Crippen molar-refractivity contribution in [2.24, 2.45) is 5.73 Å². The van der Waals surface area contributed by atoms with Crippen LogP contribution in [-0.4, -0.2) is 28.7 Å². The average molecular weight is 276 g/mol. The number of rotatable bonds is 5. The van der Waals surface area contributed by atoms with Gasteiger partial charge in [0.15, 0.2) is 0 Å². The molecule has 0 aliphatic heterocycles. The maximum atomic E-state index is 8.82. The summed E-state index contributed by atoms with van der Waals surface area (Å²) in [6.45, 7) is 7.49. The van der Waals surface area contributed by atoms with Crippen LogP contribution < -0.4 is 11.1 Å². The summed E-state index contributed by atoms with van der Waals surface area (Å²) in [5.41, 5.74) is 7.85. The first-order valence-electron chi connectivity index (χ1n) is 5.88. The lowest BCUT2D eigenvalue weighted by molar-refractivity contribution is 0.251. The summed E-state index contributed by atoms with van der Waals surface area (Å²) in [4.78, 5) is 0. The predicted molar refractivity (Wildman–Crippen MR) is 83.0 cm³/mol. The molecular weight excluding hydrogens is 244 g/mol. The predicted octanol–water partition coefficient (Wildman–Crippen LogP) is 0.629. The Morgan fingerprint density at radius 2 is 1.53 bits per heavy atom. The minimum Gasteiger partial charge on any atom is -0.412 e. The van der Waals surface area contributed by atoms with Gasteiger partial charge in [-0.1, -0.05) is 45.5 Å². The Kier molecular flexibility index (Phi) is 23.8. The normalized spacial score (nSPS) is 9.74. The number of nitrogens with one attached hydrogen (secondary N) is 1. The van der Waals surface area contributed by atoms with E-state index in [0.29, 0.717) is 6.54 Å². The van der Waals surface area contributed by atoms with Gasteiger partial charge in [0.1, 0.15) is 0 Å². The zero-order chi connectivity index (χ0) is 12.4. The summed E-state index contributed by atoms with van der Waals surface area (Å²) >= 11 is 0. The Morgan fingerprint density at radius 1 is 1.11 bits per heavy atom. The molecule has 1 aromatic rings. The van der Waals surface area contributed by atoms with Gasteiger partial charge in [-0.3, -0.25) is 0 Å². The molecule has 1 aromatic carbocycles. The summed E-state index contributed by atoms with van der Waals surface area (Å²) in [6.07, 6.45) is 0. The summed E-state index contributed by atoms with van der Waals surface area (Å²) in [6, 6.07) is 8.31. The molecule has 0 spiro atoms. The SMILES string of the molecule is C.CC.CC(CO)NCc1ccc(CN)cc1.O.O. The molecule has 0 fully saturated rings. The molecule has 0 aliphatic rings. The highest BCUT2D eigenvalue weighted by atomic mass is 16.3. The van der Waals surface area contributed by atoms with Crippen molar-refractivity contribution >= 4 is 0 Å². The Morgan fingerprint density at radius 3 is 1.89 bits per heavy atom. The van der Waals surface area contributed by atoms with E-state index >= 15 is 0 Å². The van der Waals surface area contributed by atoms with Gasteiger partial charge in [-0.2, -0.15) is 0 Å². The molecule has 0 aromatic heterocycles. The van der Waals surface area contributed by atoms with E-state index in [-0.39, 0.29) is 31.0 Å². The van der Waals surface area contributed by atoms with Crippen LogP contribution in [0.3, 0.4) is 0 Å². The van der Waals surface area contributed by atoms with E-state index in [2.05, 4.69) is 17.4 Å². The Hall–Kier alpha value is -0.980. The van der Waals surface area contributed by atoms with Gasteiger partial charge in [-0.05, 0) is 18.1 Å². The summed E-state index contributed by atoms with van der Waals surface area (Å²) in [5, 5.41) is 12.0. The van der Waals surface area contributed by atoms with Crippen LogP contribution >= 0.6 is 0 Å². The third-order valence-corrected chi connectivity index (χ3v) is 2.19. The average Bonchev–Trinajstić information content (AvgIpc) is 2.38. The molecule has 1 atom stereocenters. The van der Waals surface area contributed by atoms with Crippen molar-refractivity contribution in [3.8, 4) is 0 Å². The quantitative estimate of drug-likeness (QED) is 0.731. The fraction of sp³-hybridized carbons (Fsp3) is 0.571. The fourth-order valence-corrected chi connectivity index (χ4v) is 1.15. The lowest BCUT2D eigenvalue weighted by atomic mass is 10.1. The topological polar surface area (TPSA) is 121 Å². The molecule has 0 radical (unpaired) electrons. The monoisotopic (exact) mass is 276 g/mol. The number of benzene rings is 1. The number of hydrogen-bond donors (Lipinski definition) is 3. The molecule has 1 rings (SSSR count). The van der Waals surface area contributed by atoms with Crippen LogP contribution in [0.25, 0.3) is 0 Å². The minimum atomic E-state index is 0. The summed E-state index contributed by atoms with van der Waals surface area (Å²) in [7, 11) is 0. The smallest absolute Gasteiger partial charge is 0.0582 e. The number of aliphatic hydroxyl groups is 1. The molecule has 0 aliphatic carbocycles. The van der Waals surface area contributed by atoms with Crippen LogP contribution in [0.4, 0.5) is 0 Å². The Balaban J connectivity index is -0.000000214. The molecule has 0 saturated carbocycles. The van der Waals surface area contributed by atoms with Crippen molar-refractivity contribution in [1.29, 1.82) is 0 Å². The zero-order valence-corrected chi connectivity index (χ0v) is 11.5. The number of aliphatic hydroxyl groups excluding tert-OH is 1. The van der Waals surface area contributed by atoms with E-state index in [1.54, 1.807) is 0 Å². The fourth-order valence-electron chi connectivity index (χ4n) is 1.15. The minimum absolute atomic E-state index is 0. The van der Waals surface area contributed by atoms with Crippen molar-refractivity contribution in [1.82, 2.24) is 5.32 Å². The van der Waals surface area contributed by atoms with E-state index < -0.39 is 0 Å². The highest BCUT2D eigenvalue weighted by molar-refractivity contribution is 5.22. The first-order valence-corrected chi connectivity index (χ1v) is 5.88. The first-order chi connectivity index (χ1) is 7.76. The molecule has 1 unspecified atom stereocenters. The molecule has 5 heteroatoms. The van der Waals surface area contributed by atoms with E-state index in [0.717, 1.165) is 12.1 Å².